The van der Waals surface area contributed by atoms with E-state index in [2.05, 4.69) is 12.2 Å². The van der Waals surface area contributed by atoms with Crippen LogP contribution >= 0.6 is 35.2 Å². The minimum atomic E-state index is -4.41. The Labute approximate surface area is 118 Å². The second-order valence-corrected chi connectivity index (χ2v) is 6.17. The van der Waals surface area contributed by atoms with Crippen LogP contribution in [0.3, 0.4) is 0 Å². The Balaban J connectivity index is 2.62. The number of alkyl halides is 3. The summed E-state index contributed by atoms with van der Waals surface area (Å²) in [5, 5.41) is 0. The molecule has 0 fully saturated rings. The van der Waals surface area contributed by atoms with Crippen molar-refractivity contribution < 1.29 is 13.2 Å². The molecule has 1 unspecified atom stereocenters. The number of rotatable bonds is 5. The summed E-state index contributed by atoms with van der Waals surface area (Å²) < 4.78 is 38.6. The predicted octanol–water partition coefficient (Wildman–Crippen LogP) is 3.30. The molecular formula is C10H12ClF3N2S2. The molecule has 0 aliphatic heterocycles. The molecule has 0 aliphatic rings. The van der Waals surface area contributed by atoms with Crippen molar-refractivity contribution in [2.24, 2.45) is 11.7 Å². The lowest BCUT2D eigenvalue weighted by Gasteiger charge is -2.24. The number of thiophene rings is 1. The number of halogens is 4. The zero-order valence-corrected chi connectivity index (χ0v) is 11.9. The molecule has 1 atom stereocenters. The summed E-state index contributed by atoms with van der Waals surface area (Å²) in [5.41, 5.74) is 5.13. The van der Waals surface area contributed by atoms with Crippen LogP contribution in [0, 0.1) is 5.92 Å². The van der Waals surface area contributed by atoms with Crippen molar-refractivity contribution in [2.75, 3.05) is 13.6 Å². The maximum Gasteiger partial charge on any atom is 0.399 e. The van der Waals surface area contributed by atoms with Gasteiger partial charge < -0.3 is 10.6 Å². The quantitative estimate of drug-likeness (QED) is 0.845. The third-order valence-corrected chi connectivity index (χ3v) is 3.79. The van der Waals surface area contributed by atoms with Gasteiger partial charge in [-0.3, -0.25) is 0 Å². The molecule has 0 radical (unpaired) electrons. The molecule has 1 rings (SSSR count). The maximum atomic E-state index is 12.7. The second-order valence-electron chi connectivity index (χ2n) is 3.90. The van der Waals surface area contributed by atoms with E-state index in [1.54, 1.807) is 19.2 Å². The first-order valence-electron chi connectivity index (χ1n) is 4.99. The highest BCUT2D eigenvalue weighted by Crippen LogP contribution is 2.28. The van der Waals surface area contributed by atoms with E-state index >= 15 is 0 Å². The smallest absolute Gasteiger partial charge is 0.393 e. The van der Waals surface area contributed by atoms with Crippen LogP contribution in [0.2, 0.25) is 4.34 Å². The van der Waals surface area contributed by atoms with Gasteiger partial charge in [-0.15, -0.1) is 11.3 Å². The van der Waals surface area contributed by atoms with Gasteiger partial charge in [0.25, 0.3) is 0 Å². The normalized spacial score (nSPS) is 13.9. The van der Waals surface area contributed by atoms with E-state index in [1.807, 2.05) is 0 Å². The fraction of sp³-hybridized carbons (Fsp3) is 0.500. The standard InChI is InChI=1S/C10H12ClF3N2S2/c1-16(4-6-2-3-8(11)18-6)5-7(9(15)17)10(12,13)14/h2-3,7H,4-5H2,1H3,(H2,15,17). The zero-order valence-electron chi connectivity index (χ0n) is 9.50. The average Bonchev–Trinajstić information content (AvgIpc) is 2.58. The fourth-order valence-electron chi connectivity index (χ4n) is 1.43. The van der Waals surface area contributed by atoms with Gasteiger partial charge in [-0.2, -0.15) is 13.2 Å². The molecule has 102 valence electrons. The predicted molar refractivity (Wildman–Crippen MR) is 72.0 cm³/mol. The minimum Gasteiger partial charge on any atom is -0.393 e. The van der Waals surface area contributed by atoms with Crippen molar-refractivity contribution in [1.82, 2.24) is 4.90 Å². The molecule has 1 aromatic heterocycles. The van der Waals surface area contributed by atoms with Gasteiger partial charge in [0.2, 0.25) is 0 Å². The molecule has 0 spiro atoms. The number of nitrogens with zero attached hydrogens (tertiary/aromatic N) is 1. The van der Waals surface area contributed by atoms with Crippen LogP contribution in [0.1, 0.15) is 4.88 Å². The third-order valence-electron chi connectivity index (χ3n) is 2.29. The maximum absolute atomic E-state index is 12.7. The Kier molecular flexibility index (Phi) is 5.39. The van der Waals surface area contributed by atoms with E-state index in [0.717, 1.165) is 4.88 Å². The van der Waals surface area contributed by atoms with Crippen LogP contribution < -0.4 is 5.73 Å². The van der Waals surface area contributed by atoms with Crippen molar-refractivity contribution in [2.45, 2.75) is 12.7 Å². The van der Waals surface area contributed by atoms with E-state index in [1.165, 1.54) is 16.2 Å². The van der Waals surface area contributed by atoms with Gasteiger partial charge in [0.15, 0.2) is 0 Å². The van der Waals surface area contributed by atoms with Crippen LogP contribution in [0.5, 0.6) is 0 Å². The summed E-state index contributed by atoms with van der Waals surface area (Å²) >= 11 is 11.6. The Morgan fingerprint density at radius 3 is 2.56 bits per heavy atom. The van der Waals surface area contributed by atoms with Crippen molar-refractivity contribution in [3.05, 3.63) is 21.3 Å². The molecule has 1 aromatic rings. The number of hydrogen-bond acceptors (Lipinski definition) is 3. The SMILES string of the molecule is CN(Cc1ccc(Cl)s1)CC(C(N)=S)C(F)(F)F. The molecular weight excluding hydrogens is 305 g/mol. The lowest BCUT2D eigenvalue weighted by molar-refractivity contribution is -0.158. The Bertz CT molecular complexity index is 420. The molecule has 8 heteroatoms. The van der Waals surface area contributed by atoms with E-state index in [4.69, 9.17) is 17.3 Å². The van der Waals surface area contributed by atoms with E-state index in [0.29, 0.717) is 10.9 Å². The van der Waals surface area contributed by atoms with Gasteiger partial charge in [0.1, 0.15) is 5.92 Å². The Morgan fingerprint density at radius 1 is 1.56 bits per heavy atom. The monoisotopic (exact) mass is 316 g/mol. The van der Waals surface area contributed by atoms with Crippen LogP contribution in [0.25, 0.3) is 0 Å². The first-order chi connectivity index (χ1) is 8.20. The third kappa shape index (κ3) is 4.72. The van der Waals surface area contributed by atoms with Gasteiger partial charge in [0.05, 0.1) is 9.32 Å². The highest BCUT2D eigenvalue weighted by molar-refractivity contribution is 7.80. The molecule has 18 heavy (non-hydrogen) atoms. The Morgan fingerprint density at radius 2 is 2.17 bits per heavy atom. The highest BCUT2D eigenvalue weighted by atomic mass is 35.5. The first-order valence-corrected chi connectivity index (χ1v) is 6.59. The van der Waals surface area contributed by atoms with Gasteiger partial charge in [0, 0.05) is 18.0 Å². The van der Waals surface area contributed by atoms with Crippen LogP contribution in [-0.2, 0) is 6.54 Å². The minimum absolute atomic E-state index is 0.256. The van der Waals surface area contributed by atoms with E-state index in [9.17, 15) is 13.2 Å². The summed E-state index contributed by atoms with van der Waals surface area (Å²) in [5.74, 6) is -1.78. The number of hydrogen-bond donors (Lipinski definition) is 1. The molecule has 2 nitrogen and oxygen atoms in total. The van der Waals surface area contributed by atoms with Gasteiger partial charge in [-0.1, -0.05) is 23.8 Å². The average molecular weight is 317 g/mol. The molecule has 0 aliphatic carbocycles. The molecule has 0 saturated carbocycles. The van der Waals surface area contributed by atoms with Crippen molar-refractivity contribution in [1.29, 1.82) is 0 Å². The topological polar surface area (TPSA) is 29.3 Å². The molecule has 0 bridgehead atoms. The zero-order chi connectivity index (χ0) is 13.9. The first kappa shape index (κ1) is 15.7. The van der Waals surface area contributed by atoms with Crippen molar-refractivity contribution in [3.63, 3.8) is 0 Å². The summed E-state index contributed by atoms with van der Waals surface area (Å²) in [4.78, 5) is 1.89. The van der Waals surface area contributed by atoms with E-state index in [-0.39, 0.29) is 6.54 Å². The van der Waals surface area contributed by atoms with Gasteiger partial charge in [-0.05, 0) is 19.2 Å². The highest BCUT2D eigenvalue weighted by Gasteiger charge is 2.42. The van der Waals surface area contributed by atoms with Gasteiger partial charge >= 0.3 is 6.18 Å². The van der Waals surface area contributed by atoms with E-state index < -0.39 is 17.1 Å². The van der Waals surface area contributed by atoms with Gasteiger partial charge in [-0.25, -0.2) is 0 Å². The number of thiocarbonyl (C=S) groups is 1. The molecule has 0 aromatic carbocycles. The fourth-order valence-corrected chi connectivity index (χ4v) is 2.81. The molecule has 1 heterocycles. The molecule has 2 N–H and O–H groups in total. The lowest BCUT2D eigenvalue weighted by atomic mass is 10.1. The largest absolute Gasteiger partial charge is 0.399 e. The van der Waals surface area contributed by atoms with Crippen molar-refractivity contribution in [3.8, 4) is 0 Å². The van der Waals surface area contributed by atoms with Crippen LogP contribution in [0.4, 0.5) is 13.2 Å². The summed E-state index contributed by atoms with van der Waals surface area (Å²) in [6.07, 6.45) is -4.41. The lowest BCUT2D eigenvalue weighted by Crippen LogP contribution is -2.42. The molecule has 0 amide bonds. The van der Waals surface area contributed by atoms with Crippen LogP contribution in [-0.4, -0.2) is 29.7 Å². The number of nitrogens with two attached hydrogens (primary N) is 1. The molecule has 0 saturated heterocycles. The van der Waals surface area contributed by atoms with Crippen molar-refractivity contribution >= 4 is 40.1 Å². The van der Waals surface area contributed by atoms with Crippen LogP contribution in [0.15, 0.2) is 12.1 Å². The Hall–Kier alpha value is -0.370. The second kappa shape index (κ2) is 6.18. The summed E-state index contributed by atoms with van der Waals surface area (Å²) in [6, 6.07) is 3.50. The summed E-state index contributed by atoms with van der Waals surface area (Å²) in [7, 11) is 1.59. The summed E-state index contributed by atoms with van der Waals surface area (Å²) in [6.45, 7) is 0.126.